The van der Waals surface area contributed by atoms with Crippen molar-refractivity contribution in [2.75, 3.05) is 7.11 Å². The van der Waals surface area contributed by atoms with E-state index in [1.54, 1.807) is 7.11 Å². The van der Waals surface area contributed by atoms with Crippen LogP contribution >= 0.6 is 11.6 Å². The summed E-state index contributed by atoms with van der Waals surface area (Å²) in [5, 5.41) is 0.735. The summed E-state index contributed by atoms with van der Waals surface area (Å²) < 4.78 is 11.4. The van der Waals surface area contributed by atoms with Crippen LogP contribution in [0.25, 0.3) is 0 Å². The Hall–Kier alpha value is -1.71. The summed E-state index contributed by atoms with van der Waals surface area (Å²) in [7, 11) is 1.64. The van der Waals surface area contributed by atoms with Gasteiger partial charge in [-0.15, -0.1) is 0 Å². The van der Waals surface area contributed by atoms with Crippen LogP contribution in [0.15, 0.2) is 36.4 Å². The molecule has 2 atom stereocenters. The second-order valence-electron chi connectivity index (χ2n) is 5.35. The molecule has 0 spiro atoms. The summed E-state index contributed by atoms with van der Waals surface area (Å²) in [4.78, 5) is 0. The van der Waals surface area contributed by atoms with Crippen LogP contribution in [0, 0.1) is 6.92 Å². The van der Waals surface area contributed by atoms with Crippen LogP contribution in [0.2, 0.25) is 5.02 Å². The molecular weight excluding hydrogens is 286 g/mol. The van der Waals surface area contributed by atoms with E-state index in [-0.39, 0.29) is 12.1 Å². The molecular formula is C17H18ClNO2. The number of nitrogens with two attached hydrogens (primary N) is 1. The van der Waals surface area contributed by atoms with Crippen LogP contribution in [0.4, 0.5) is 0 Å². The lowest BCUT2D eigenvalue weighted by molar-refractivity contribution is 0.160. The van der Waals surface area contributed by atoms with Crippen molar-refractivity contribution in [3.63, 3.8) is 0 Å². The molecule has 4 heteroatoms. The molecule has 2 N–H and O–H groups in total. The fourth-order valence-electron chi connectivity index (χ4n) is 2.80. The minimum absolute atomic E-state index is 0.0419. The van der Waals surface area contributed by atoms with Gasteiger partial charge in [-0.25, -0.2) is 0 Å². The van der Waals surface area contributed by atoms with E-state index in [1.165, 1.54) is 0 Å². The number of hydrogen-bond donors (Lipinski definition) is 1. The first kappa shape index (κ1) is 14.2. The van der Waals surface area contributed by atoms with E-state index < -0.39 is 0 Å². The van der Waals surface area contributed by atoms with Crippen LogP contribution in [0.1, 0.15) is 35.3 Å². The topological polar surface area (TPSA) is 44.5 Å². The Labute approximate surface area is 129 Å². The highest BCUT2D eigenvalue weighted by molar-refractivity contribution is 6.30. The molecule has 0 saturated carbocycles. The zero-order chi connectivity index (χ0) is 15.0. The van der Waals surface area contributed by atoms with E-state index in [0.29, 0.717) is 0 Å². The zero-order valence-corrected chi connectivity index (χ0v) is 12.9. The molecule has 1 heterocycles. The molecule has 0 bridgehead atoms. The number of halogens is 1. The van der Waals surface area contributed by atoms with E-state index in [0.717, 1.165) is 39.6 Å². The maximum atomic E-state index is 6.30. The lowest BCUT2D eigenvalue weighted by Crippen LogP contribution is -2.24. The number of methoxy groups -OCH3 is 1. The molecule has 2 aromatic carbocycles. The second-order valence-corrected chi connectivity index (χ2v) is 5.79. The second kappa shape index (κ2) is 5.58. The predicted octanol–water partition coefficient (Wildman–Crippen LogP) is 4.18. The molecule has 21 heavy (non-hydrogen) atoms. The molecule has 2 aromatic rings. The molecule has 0 saturated heterocycles. The lowest BCUT2D eigenvalue weighted by Gasteiger charge is -2.31. The molecule has 0 aromatic heterocycles. The van der Waals surface area contributed by atoms with Gasteiger partial charge in [0.05, 0.1) is 7.11 Å². The van der Waals surface area contributed by atoms with E-state index in [4.69, 9.17) is 26.8 Å². The summed E-state index contributed by atoms with van der Waals surface area (Å²) in [6.07, 6.45) is 0.693. The summed E-state index contributed by atoms with van der Waals surface area (Å²) in [6, 6.07) is 11.6. The fraction of sp³-hybridized carbons (Fsp3) is 0.294. The SMILES string of the molecule is COc1ccc2c(c1)OC(c1ccc(Cl)cc1C)C[C@H]2N. The maximum absolute atomic E-state index is 6.30. The zero-order valence-electron chi connectivity index (χ0n) is 12.1. The first-order valence-corrected chi connectivity index (χ1v) is 7.32. The first-order chi connectivity index (χ1) is 10.1. The van der Waals surface area contributed by atoms with Gasteiger partial charge < -0.3 is 15.2 Å². The Balaban J connectivity index is 1.96. The Kier molecular flexibility index (Phi) is 3.79. The number of rotatable bonds is 2. The van der Waals surface area contributed by atoms with Crippen molar-refractivity contribution in [2.45, 2.75) is 25.5 Å². The molecule has 1 unspecified atom stereocenters. The van der Waals surface area contributed by atoms with Crippen molar-refractivity contribution < 1.29 is 9.47 Å². The Morgan fingerprint density at radius 1 is 1.19 bits per heavy atom. The normalized spacial score (nSPS) is 20.6. The van der Waals surface area contributed by atoms with Crippen LogP contribution in [0.5, 0.6) is 11.5 Å². The molecule has 3 nitrogen and oxygen atoms in total. The van der Waals surface area contributed by atoms with Crippen LogP contribution in [-0.4, -0.2) is 7.11 Å². The Morgan fingerprint density at radius 2 is 1.95 bits per heavy atom. The third kappa shape index (κ3) is 2.71. The van der Waals surface area contributed by atoms with Crippen molar-refractivity contribution in [3.05, 3.63) is 58.1 Å². The minimum atomic E-state index is -0.0585. The van der Waals surface area contributed by atoms with Crippen molar-refractivity contribution in [1.82, 2.24) is 0 Å². The van der Waals surface area contributed by atoms with Crippen molar-refractivity contribution in [2.24, 2.45) is 5.73 Å². The summed E-state index contributed by atoms with van der Waals surface area (Å²) in [5.41, 5.74) is 9.57. The molecule has 0 fully saturated rings. The smallest absolute Gasteiger partial charge is 0.128 e. The Bertz CT molecular complexity index is 672. The maximum Gasteiger partial charge on any atom is 0.128 e. The third-order valence-electron chi connectivity index (χ3n) is 3.94. The van der Waals surface area contributed by atoms with Gasteiger partial charge in [0.2, 0.25) is 0 Å². The average Bonchev–Trinajstić information content (AvgIpc) is 2.46. The standard InChI is InChI=1S/C17H18ClNO2/c1-10-7-11(18)3-5-13(10)17-9-15(19)14-6-4-12(20-2)8-16(14)21-17/h3-8,15,17H,9,19H2,1-2H3/t15-,17?/m1/s1. The highest BCUT2D eigenvalue weighted by Gasteiger charge is 2.28. The molecule has 0 radical (unpaired) electrons. The van der Waals surface area contributed by atoms with Gasteiger partial charge in [-0.1, -0.05) is 23.7 Å². The molecule has 3 rings (SSSR count). The fourth-order valence-corrected chi connectivity index (χ4v) is 3.03. The lowest BCUT2D eigenvalue weighted by atomic mass is 9.91. The van der Waals surface area contributed by atoms with Gasteiger partial charge in [-0.05, 0) is 36.2 Å². The van der Waals surface area contributed by atoms with Crippen LogP contribution in [-0.2, 0) is 0 Å². The quantitative estimate of drug-likeness (QED) is 0.905. The van der Waals surface area contributed by atoms with E-state index in [9.17, 15) is 0 Å². The van der Waals surface area contributed by atoms with Crippen molar-refractivity contribution in [3.8, 4) is 11.5 Å². The van der Waals surface area contributed by atoms with Crippen molar-refractivity contribution in [1.29, 1.82) is 0 Å². The average molecular weight is 304 g/mol. The largest absolute Gasteiger partial charge is 0.497 e. The number of hydrogen-bond acceptors (Lipinski definition) is 3. The van der Waals surface area contributed by atoms with Gasteiger partial charge in [0.25, 0.3) is 0 Å². The van der Waals surface area contributed by atoms with E-state index >= 15 is 0 Å². The number of aryl methyl sites for hydroxylation is 1. The van der Waals surface area contributed by atoms with Gasteiger partial charge in [-0.2, -0.15) is 0 Å². The molecule has 110 valence electrons. The molecule has 0 amide bonds. The molecule has 1 aliphatic rings. The van der Waals surface area contributed by atoms with Gasteiger partial charge in [-0.3, -0.25) is 0 Å². The molecule has 1 aliphatic heterocycles. The summed E-state index contributed by atoms with van der Waals surface area (Å²) in [5.74, 6) is 1.57. The van der Waals surface area contributed by atoms with E-state index in [1.807, 2.05) is 43.3 Å². The number of benzene rings is 2. The Morgan fingerprint density at radius 3 is 2.67 bits per heavy atom. The van der Waals surface area contributed by atoms with Crippen LogP contribution < -0.4 is 15.2 Å². The monoisotopic (exact) mass is 303 g/mol. The number of fused-ring (bicyclic) bond motifs is 1. The van der Waals surface area contributed by atoms with Gasteiger partial charge >= 0.3 is 0 Å². The highest BCUT2D eigenvalue weighted by atomic mass is 35.5. The van der Waals surface area contributed by atoms with Gasteiger partial charge in [0.15, 0.2) is 0 Å². The third-order valence-corrected chi connectivity index (χ3v) is 4.17. The molecule has 0 aliphatic carbocycles. The summed E-state index contributed by atoms with van der Waals surface area (Å²) >= 11 is 6.02. The number of ether oxygens (including phenoxy) is 2. The predicted molar refractivity (Wildman–Crippen MR) is 84.1 cm³/mol. The summed E-state index contributed by atoms with van der Waals surface area (Å²) in [6.45, 7) is 2.04. The highest BCUT2D eigenvalue weighted by Crippen LogP contribution is 2.42. The van der Waals surface area contributed by atoms with Crippen LogP contribution in [0.3, 0.4) is 0 Å². The van der Waals surface area contributed by atoms with E-state index in [2.05, 4.69) is 0 Å². The minimum Gasteiger partial charge on any atom is -0.497 e. The van der Waals surface area contributed by atoms with Gasteiger partial charge in [0.1, 0.15) is 17.6 Å². The first-order valence-electron chi connectivity index (χ1n) is 6.94. The van der Waals surface area contributed by atoms with Gasteiger partial charge in [0, 0.05) is 29.1 Å². The van der Waals surface area contributed by atoms with Crippen molar-refractivity contribution >= 4 is 11.6 Å².